The van der Waals surface area contributed by atoms with Crippen LogP contribution in [0.4, 0.5) is 0 Å². The number of nitrogens with one attached hydrogen (secondary N) is 10. The van der Waals surface area contributed by atoms with Gasteiger partial charge in [-0.05, 0) is 46.1 Å². The maximum Gasteiger partial charge on any atom is 0.303 e. The van der Waals surface area contributed by atoms with Crippen molar-refractivity contribution in [3.63, 3.8) is 0 Å². The Bertz CT molecular complexity index is 1990. The number of carboxylic acids is 1. The molecule has 2 rings (SSSR count). The van der Waals surface area contributed by atoms with E-state index in [4.69, 9.17) is 20.9 Å². The van der Waals surface area contributed by atoms with Crippen LogP contribution in [0.2, 0.25) is 0 Å². The normalized spacial score (nSPS) is 25.9. The number of rotatable bonds is 29. The van der Waals surface area contributed by atoms with Crippen molar-refractivity contribution >= 4 is 65.0 Å². The Morgan fingerprint density at radius 3 is 1.57 bits per heavy atom. The molecule has 32 nitrogen and oxygen atoms in total. The number of ether oxygens (including phenoxy) is 2. The minimum absolute atomic E-state index is 0.0156. The highest BCUT2D eigenvalue weighted by molar-refractivity contribution is 5.98. The molecule has 74 heavy (non-hydrogen) atoms. The quantitative estimate of drug-likeness (QED) is 0.0309. The number of carbonyl (C=O) groups excluding carboxylic acids is 10. The van der Waals surface area contributed by atoms with Crippen LogP contribution in [0.25, 0.3) is 0 Å². The average molecular weight is 1070 g/mol. The first kappa shape index (κ1) is 63.9. The standard InChI is InChI=1S/C42H72N12O20/c1-16(35(44)67)45-37(69)21(8-6-7-11-43)50-40(72)24(13-55)52-36(68)17(2)46-39(71)23(51-38(70)22(47-18(3)58)9-10-28(62)63)12-27(61)53-41-30(48-19(4)59)33(65)29(25(14-56)73-41)54-42-31(49-20(5)60)34(66)32(64)26(15-57)74-42/h16-17,21-26,29-34,41-42,54-57,64-66H,6-15,43H2,1-5H3,(H2,44,67)(H,45,69)(H,46,71)(H,47,58)(H,48,59)(H,49,60)(H,50,72)(H,51,70)(H,52,68)(H,53,61)(H,62,63)/t16-,17-,21-,22-,23-,24-,25+,26+,29+,30+,31+,32+,33-,34+,41+,42+/m0/s1. The molecule has 2 fully saturated rings. The van der Waals surface area contributed by atoms with Gasteiger partial charge in [-0.1, -0.05) is 0 Å². The Morgan fingerprint density at radius 2 is 1.04 bits per heavy atom. The summed E-state index contributed by atoms with van der Waals surface area (Å²) >= 11 is 0. The third kappa shape index (κ3) is 19.9. The van der Waals surface area contributed by atoms with E-state index in [2.05, 4.69) is 53.2 Å². The summed E-state index contributed by atoms with van der Waals surface area (Å²) in [7, 11) is 0. The predicted octanol–water partition coefficient (Wildman–Crippen LogP) is -10.6. The van der Waals surface area contributed by atoms with E-state index in [1.807, 2.05) is 0 Å². The molecule has 10 amide bonds. The van der Waals surface area contributed by atoms with E-state index in [0.717, 1.165) is 27.7 Å². The molecule has 0 saturated carbocycles. The van der Waals surface area contributed by atoms with Gasteiger partial charge in [-0.15, -0.1) is 0 Å². The first-order valence-electron chi connectivity index (χ1n) is 23.5. The Kier molecular flexibility index (Phi) is 26.6. The molecular weight excluding hydrogens is 993 g/mol. The van der Waals surface area contributed by atoms with E-state index >= 15 is 0 Å². The fourth-order valence-corrected chi connectivity index (χ4v) is 7.66. The highest BCUT2D eigenvalue weighted by Crippen LogP contribution is 2.25. The van der Waals surface area contributed by atoms with Gasteiger partial charge in [-0.25, -0.2) is 0 Å². The first-order chi connectivity index (χ1) is 34.7. The summed E-state index contributed by atoms with van der Waals surface area (Å²) in [6, 6.07) is -14.0. The molecule has 2 heterocycles. The fourth-order valence-electron chi connectivity index (χ4n) is 7.66. The van der Waals surface area contributed by atoms with Gasteiger partial charge in [0.25, 0.3) is 0 Å². The molecule has 2 aliphatic heterocycles. The summed E-state index contributed by atoms with van der Waals surface area (Å²) in [6.07, 6.45) is -13.0. The molecule has 420 valence electrons. The monoisotopic (exact) mass is 1060 g/mol. The largest absolute Gasteiger partial charge is 0.481 e. The van der Waals surface area contributed by atoms with Crippen molar-refractivity contribution in [3.05, 3.63) is 0 Å². The Morgan fingerprint density at radius 1 is 0.541 bits per heavy atom. The lowest BCUT2D eigenvalue weighted by molar-refractivity contribution is -0.219. The van der Waals surface area contributed by atoms with Crippen LogP contribution in [0, 0.1) is 0 Å². The number of hydrogen-bond donors (Lipinski definition) is 19. The van der Waals surface area contributed by atoms with Crippen molar-refractivity contribution in [3.8, 4) is 0 Å². The van der Waals surface area contributed by atoms with Crippen LogP contribution in [-0.2, 0) is 62.2 Å². The van der Waals surface area contributed by atoms with Crippen molar-refractivity contribution < 1.29 is 98.0 Å². The van der Waals surface area contributed by atoms with Gasteiger partial charge in [0.1, 0.15) is 72.9 Å². The van der Waals surface area contributed by atoms with Crippen LogP contribution in [-0.4, -0.2) is 225 Å². The molecule has 0 aromatic carbocycles. The molecule has 16 atom stereocenters. The molecule has 0 aromatic heterocycles. The fraction of sp³-hybridized carbons (Fsp3) is 0.738. The molecule has 2 aliphatic rings. The van der Waals surface area contributed by atoms with Gasteiger partial charge in [-0.2, -0.15) is 0 Å². The van der Waals surface area contributed by atoms with Gasteiger partial charge in [0.05, 0.1) is 44.4 Å². The van der Waals surface area contributed by atoms with Crippen molar-refractivity contribution in [2.45, 2.75) is 170 Å². The summed E-state index contributed by atoms with van der Waals surface area (Å²) in [5, 5.41) is 96.0. The summed E-state index contributed by atoms with van der Waals surface area (Å²) in [5.74, 6) is -11.2. The molecular formula is C42H72N12O20. The second-order valence-corrected chi connectivity index (χ2v) is 17.6. The van der Waals surface area contributed by atoms with Crippen LogP contribution < -0.4 is 64.6 Å². The maximum absolute atomic E-state index is 13.9. The number of aliphatic carboxylic acids is 1. The van der Waals surface area contributed by atoms with Crippen LogP contribution >= 0.6 is 0 Å². The van der Waals surface area contributed by atoms with Crippen molar-refractivity contribution in [1.29, 1.82) is 0 Å². The van der Waals surface area contributed by atoms with Gasteiger partial charge in [-0.3, -0.25) is 58.1 Å². The molecule has 0 bridgehead atoms. The van der Waals surface area contributed by atoms with Crippen LogP contribution in [0.5, 0.6) is 0 Å². The summed E-state index contributed by atoms with van der Waals surface area (Å²) in [4.78, 5) is 140. The van der Waals surface area contributed by atoms with Crippen LogP contribution in [0.15, 0.2) is 0 Å². The number of primary amides is 1. The SMILES string of the molecule is CC(=O)N[C@@H]1[C@@H](O)[C@H](N[C@@H]2O[C@H](CO)[C@@H](O)[C@H](O)[C@H]2NC(C)=O)[C@@H](CO)O[C@H]1NC(=O)C[C@H](NC(=O)[C@H](CCC(=O)O)NC(C)=O)C(=O)N[C@@H](C)C(=O)N[C@@H](CO)C(=O)N[C@@H](CCCCN)C(=O)N[C@@H](C)C(N)=O. The van der Waals surface area contributed by atoms with Crippen molar-refractivity contribution in [2.24, 2.45) is 11.5 Å². The number of aliphatic hydroxyl groups is 6. The lowest BCUT2D eigenvalue weighted by atomic mass is 9.91. The molecule has 0 unspecified atom stereocenters. The van der Waals surface area contributed by atoms with Crippen molar-refractivity contribution in [1.82, 2.24) is 53.2 Å². The zero-order valence-corrected chi connectivity index (χ0v) is 41.4. The van der Waals surface area contributed by atoms with E-state index in [1.165, 1.54) is 6.92 Å². The average Bonchev–Trinajstić information content (AvgIpc) is 3.32. The molecule has 0 radical (unpaired) electrons. The highest BCUT2D eigenvalue weighted by atomic mass is 16.5. The molecule has 0 spiro atoms. The number of hydrogen-bond acceptors (Lipinski definition) is 21. The highest BCUT2D eigenvalue weighted by Gasteiger charge is 2.51. The third-order valence-electron chi connectivity index (χ3n) is 11.6. The lowest BCUT2D eigenvalue weighted by Gasteiger charge is -2.49. The van der Waals surface area contributed by atoms with E-state index < -0.39 is 201 Å². The molecule has 0 aromatic rings. The second kappa shape index (κ2) is 30.8. The molecule has 2 saturated heterocycles. The molecule has 0 aliphatic carbocycles. The minimum Gasteiger partial charge on any atom is -0.481 e. The summed E-state index contributed by atoms with van der Waals surface area (Å²) in [6.45, 7) is 2.98. The van der Waals surface area contributed by atoms with Gasteiger partial charge < -0.3 is 105 Å². The van der Waals surface area contributed by atoms with Gasteiger partial charge in [0.15, 0.2) is 6.23 Å². The zero-order valence-electron chi connectivity index (χ0n) is 41.4. The first-order valence-corrected chi connectivity index (χ1v) is 23.5. The van der Waals surface area contributed by atoms with E-state index in [-0.39, 0.29) is 13.0 Å². The summed E-state index contributed by atoms with van der Waals surface area (Å²) < 4.78 is 11.6. The number of amides is 10. The third-order valence-corrected chi connectivity index (χ3v) is 11.6. The Labute approximate surface area is 423 Å². The van der Waals surface area contributed by atoms with E-state index in [1.54, 1.807) is 0 Å². The number of nitrogens with two attached hydrogens (primary N) is 2. The number of carbonyl (C=O) groups is 11. The van der Waals surface area contributed by atoms with Crippen molar-refractivity contribution in [2.75, 3.05) is 26.4 Å². The topological polar surface area (TPSA) is 520 Å². The lowest BCUT2D eigenvalue weighted by Crippen LogP contribution is -2.75. The number of carboxylic acid groups (broad SMARTS) is 1. The number of unbranched alkanes of at least 4 members (excludes halogenated alkanes) is 1. The predicted molar refractivity (Wildman–Crippen MR) is 249 cm³/mol. The van der Waals surface area contributed by atoms with Gasteiger partial charge in [0, 0.05) is 27.2 Å². The Balaban J connectivity index is 2.43. The number of aliphatic hydroxyl groups excluding tert-OH is 6. The van der Waals surface area contributed by atoms with Crippen LogP contribution in [0.3, 0.4) is 0 Å². The minimum atomic E-state index is -2.00. The Hall–Kier alpha value is -6.23. The van der Waals surface area contributed by atoms with E-state index in [9.17, 15) is 88.5 Å². The van der Waals surface area contributed by atoms with Gasteiger partial charge in [0.2, 0.25) is 59.1 Å². The second-order valence-electron chi connectivity index (χ2n) is 17.6. The molecule has 32 heteroatoms. The van der Waals surface area contributed by atoms with Gasteiger partial charge >= 0.3 is 5.97 Å². The van der Waals surface area contributed by atoms with E-state index in [0.29, 0.717) is 12.8 Å². The van der Waals surface area contributed by atoms with Crippen LogP contribution in [0.1, 0.15) is 73.1 Å². The maximum atomic E-state index is 13.9. The zero-order chi connectivity index (χ0) is 56.1. The summed E-state index contributed by atoms with van der Waals surface area (Å²) in [5.41, 5.74) is 10.8. The smallest absolute Gasteiger partial charge is 0.303 e. The molecule has 21 N–H and O–H groups in total.